The molecule has 25 heavy (non-hydrogen) atoms. The summed E-state index contributed by atoms with van der Waals surface area (Å²) in [5.41, 5.74) is 2.53. The highest BCUT2D eigenvalue weighted by Gasteiger charge is 2.37. The Labute approximate surface area is 147 Å². The van der Waals surface area contributed by atoms with E-state index in [1.807, 2.05) is 18.2 Å². The van der Waals surface area contributed by atoms with Crippen molar-refractivity contribution in [2.75, 3.05) is 0 Å². The molecule has 1 N–H and O–H groups in total. The smallest absolute Gasteiger partial charge is 0.243 e. The van der Waals surface area contributed by atoms with Crippen molar-refractivity contribution < 1.29 is 14.0 Å². The van der Waals surface area contributed by atoms with Gasteiger partial charge in [-0.05, 0) is 48.9 Å². The Bertz CT molecular complexity index is 769. The molecule has 4 rings (SSSR count). The number of benzene rings is 1. The van der Waals surface area contributed by atoms with Crippen LogP contribution in [0, 0.1) is 0 Å². The van der Waals surface area contributed by atoms with Crippen molar-refractivity contribution in [3.63, 3.8) is 0 Å². The summed E-state index contributed by atoms with van der Waals surface area (Å²) in [6.45, 7) is 0.352. The number of furan rings is 1. The summed E-state index contributed by atoms with van der Waals surface area (Å²) < 4.78 is 5.34. The Morgan fingerprint density at radius 3 is 2.88 bits per heavy atom. The van der Waals surface area contributed by atoms with Gasteiger partial charge in [0.2, 0.25) is 11.8 Å². The lowest BCUT2D eigenvalue weighted by Crippen LogP contribution is -2.45. The van der Waals surface area contributed by atoms with Gasteiger partial charge in [-0.2, -0.15) is 0 Å². The van der Waals surface area contributed by atoms with E-state index in [9.17, 15) is 9.59 Å². The van der Waals surface area contributed by atoms with Crippen LogP contribution in [-0.2, 0) is 22.6 Å². The number of nitrogens with zero attached hydrogens (tertiary/aromatic N) is 1. The third-order valence-corrected chi connectivity index (χ3v) is 5.22. The van der Waals surface area contributed by atoms with Gasteiger partial charge in [-0.25, -0.2) is 0 Å². The summed E-state index contributed by atoms with van der Waals surface area (Å²) >= 11 is 0. The second kappa shape index (κ2) is 6.75. The first-order chi connectivity index (χ1) is 12.2. The first kappa shape index (κ1) is 15.9. The highest BCUT2D eigenvalue weighted by atomic mass is 16.3. The van der Waals surface area contributed by atoms with Gasteiger partial charge in [0.15, 0.2) is 0 Å². The van der Waals surface area contributed by atoms with Crippen molar-refractivity contribution in [3.8, 4) is 0 Å². The lowest BCUT2D eigenvalue weighted by atomic mass is 9.87. The molecular formula is C20H22N2O3. The van der Waals surface area contributed by atoms with Gasteiger partial charge in [0.1, 0.15) is 11.8 Å². The average Bonchev–Trinajstić information content (AvgIpc) is 3.26. The minimum atomic E-state index is -0.410. The largest absolute Gasteiger partial charge is 0.467 e. The first-order valence-corrected chi connectivity index (χ1v) is 8.92. The SMILES string of the molecule is O=C(N[C@H]1CCCc2ccccc21)[C@H]1CCC(=O)N1Cc1ccco1. The zero-order valence-electron chi connectivity index (χ0n) is 14.1. The van der Waals surface area contributed by atoms with E-state index in [1.165, 1.54) is 11.1 Å². The molecule has 0 radical (unpaired) electrons. The fraction of sp³-hybridized carbons (Fsp3) is 0.400. The van der Waals surface area contributed by atoms with Crippen molar-refractivity contribution in [1.82, 2.24) is 10.2 Å². The Morgan fingerprint density at radius 1 is 1.16 bits per heavy atom. The quantitative estimate of drug-likeness (QED) is 0.932. The molecule has 0 unspecified atom stereocenters. The first-order valence-electron chi connectivity index (χ1n) is 8.92. The lowest BCUT2D eigenvalue weighted by molar-refractivity contribution is -0.136. The number of hydrogen-bond donors (Lipinski definition) is 1. The van der Waals surface area contributed by atoms with Gasteiger partial charge in [0.05, 0.1) is 18.8 Å². The molecule has 0 bridgehead atoms. The Hall–Kier alpha value is -2.56. The third kappa shape index (κ3) is 3.18. The van der Waals surface area contributed by atoms with E-state index in [0.717, 1.165) is 19.3 Å². The van der Waals surface area contributed by atoms with Gasteiger partial charge in [-0.3, -0.25) is 9.59 Å². The van der Waals surface area contributed by atoms with Crippen LogP contribution in [-0.4, -0.2) is 22.8 Å². The molecular weight excluding hydrogens is 316 g/mol. The average molecular weight is 338 g/mol. The summed E-state index contributed by atoms with van der Waals surface area (Å²) in [4.78, 5) is 26.7. The van der Waals surface area contributed by atoms with Gasteiger partial charge in [0.25, 0.3) is 0 Å². The van der Waals surface area contributed by atoms with E-state index in [0.29, 0.717) is 25.1 Å². The molecule has 1 aromatic carbocycles. The molecule has 2 aromatic rings. The molecule has 1 aliphatic carbocycles. The topological polar surface area (TPSA) is 62.6 Å². The van der Waals surface area contributed by atoms with E-state index in [1.54, 1.807) is 17.2 Å². The van der Waals surface area contributed by atoms with Crippen LogP contribution in [0.1, 0.15) is 48.6 Å². The monoisotopic (exact) mass is 338 g/mol. The van der Waals surface area contributed by atoms with Gasteiger partial charge in [-0.15, -0.1) is 0 Å². The van der Waals surface area contributed by atoms with Crippen molar-refractivity contribution in [3.05, 3.63) is 59.5 Å². The predicted octanol–water partition coefficient (Wildman–Crippen LogP) is 2.96. The Kier molecular flexibility index (Phi) is 4.30. The second-order valence-electron chi connectivity index (χ2n) is 6.81. The van der Waals surface area contributed by atoms with Crippen molar-refractivity contribution in [2.45, 2.75) is 50.7 Å². The summed E-state index contributed by atoms with van der Waals surface area (Å²) in [7, 11) is 0. The molecule has 5 heteroatoms. The molecule has 2 aliphatic rings. The standard InChI is InChI=1S/C20H22N2O3/c23-19-11-10-18(22(19)13-15-7-4-12-25-15)20(24)21-17-9-3-6-14-5-1-2-8-16(14)17/h1-2,4-5,7-8,12,17-18H,3,6,9-11,13H2,(H,21,24)/t17-,18+/m0/s1. The molecule has 130 valence electrons. The normalized spacial score (nSPS) is 22.7. The minimum Gasteiger partial charge on any atom is -0.467 e. The maximum Gasteiger partial charge on any atom is 0.243 e. The minimum absolute atomic E-state index is 0.0144. The Morgan fingerprint density at radius 2 is 2.04 bits per heavy atom. The van der Waals surface area contributed by atoms with Crippen LogP contribution < -0.4 is 5.32 Å². The van der Waals surface area contributed by atoms with Crippen LogP contribution in [0.25, 0.3) is 0 Å². The number of carbonyl (C=O) groups excluding carboxylic acids is 2. The van der Waals surface area contributed by atoms with E-state index in [-0.39, 0.29) is 17.9 Å². The number of nitrogens with one attached hydrogen (secondary N) is 1. The lowest BCUT2D eigenvalue weighted by Gasteiger charge is -2.29. The van der Waals surface area contributed by atoms with Gasteiger partial charge < -0.3 is 14.6 Å². The number of carbonyl (C=O) groups is 2. The number of amides is 2. The summed E-state index contributed by atoms with van der Waals surface area (Å²) in [6, 6.07) is 11.6. The molecule has 0 saturated carbocycles. The second-order valence-corrected chi connectivity index (χ2v) is 6.81. The van der Waals surface area contributed by atoms with Crippen molar-refractivity contribution in [1.29, 1.82) is 0 Å². The Balaban J connectivity index is 1.48. The van der Waals surface area contributed by atoms with E-state index in [4.69, 9.17) is 4.42 Å². The molecule has 1 aliphatic heterocycles. The fourth-order valence-corrected chi connectivity index (χ4v) is 3.95. The number of hydrogen-bond acceptors (Lipinski definition) is 3. The highest BCUT2D eigenvalue weighted by molar-refractivity contribution is 5.91. The van der Waals surface area contributed by atoms with E-state index >= 15 is 0 Å². The fourth-order valence-electron chi connectivity index (χ4n) is 3.95. The van der Waals surface area contributed by atoms with Gasteiger partial charge >= 0.3 is 0 Å². The molecule has 2 heterocycles. The summed E-state index contributed by atoms with van der Waals surface area (Å²) in [6.07, 6.45) is 5.65. The maximum atomic E-state index is 12.9. The van der Waals surface area contributed by atoms with Crippen LogP contribution in [0.5, 0.6) is 0 Å². The van der Waals surface area contributed by atoms with Crippen LogP contribution in [0.15, 0.2) is 47.1 Å². The van der Waals surface area contributed by atoms with Crippen molar-refractivity contribution >= 4 is 11.8 Å². The maximum absolute atomic E-state index is 12.9. The van der Waals surface area contributed by atoms with Crippen LogP contribution in [0.3, 0.4) is 0 Å². The van der Waals surface area contributed by atoms with E-state index < -0.39 is 6.04 Å². The van der Waals surface area contributed by atoms with Gasteiger partial charge in [0, 0.05) is 6.42 Å². The number of aryl methyl sites for hydroxylation is 1. The predicted molar refractivity (Wildman–Crippen MR) is 92.5 cm³/mol. The zero-order chi connectivity index (χ0) is 17.2. The summed E-state index contributed by atoms with van der Waals surface area (Å²) in [5, 5.41) is 3.18. The van der Waals surface area contributed by atoms with Crippen LogP contribution in [0.4, 0.5) is 0 Å². The number of likely N-dealkylation sites (tertiary alicyclic amines) is 1. The van der Waals surface area contributed by atoms with Crippen LogP contribution in [0.2, 0.25) is 0 Å². The molecule has 1 saturated heterocycles. The number of fused-ring (bicyclic) bond motifs is 1. The number of rotatable bonds is 4. The third-order valence-electron chi connectivity index (χ3n) is 5.22. The molecule has 2 amide bonds. The van der Waals surface area contributed by atoms with Crippen LogP contribution >= 0.6 is 0 Å². The van der Waals surface area contributed by atoms with E-state index in [2.05, 4.69) is 17.4 Å². The van der Waals surface area contributed by atoms with Crippen molar-refractivity contribution in [2.24, 2.45) is 0 Å². The highest BCUT2D eigenvalue weighted by Crippen LogP contribution is 2.30. The van der Waals surface area contributed by atoms with Gasteiger partial charge in [-0.1, -0.05) is 24.3 Å². The summed E-state index contributed by atoms with van der Waals surface area (Å²) in [5.74, 6) is 0.663. The molecule has 5 nitrogen and oxygen atoms in total. The molecule has 0 spiro atoms. The molecule has 1 fully saturated rings. The molecule has 1 aromatic heterocycles. The zero-order valence-corrected chi connectivity index (χ0v) is 14.1. The molecule has 2 atom stereocenters.